The number of hydrogen-bond donors (Lipinski definition) is 2. The Morgan fingerprint density at radius 2 is 2.11 bits per heavy atom. The second-order valence-corrected chi connectivity index (χ2v) is 7.07. The number of aromatic nitrogens is 2. The van der Waals surface area contributed by atoms with Gasteiger partial charge in [0.1, 0.15) is 6.61 Å². The fourth-order valence-electron chi connectivity index (χ4n) is 2.73. The van der Waals surface area contributed by atoms with Crippen LogP contribution < -0.4 is 15.8 Å². The van der Waals surface area contributed by atoms with Crippen molar-refractivity contribution in [3.05, 3.63) is 36.3 Å². The Morgan fingerprint density at radius 1 is 1.37 bits per heavy atom. The molecule has 27 heavy (non-hydrogen) atoms. The molecule has 0 saturated heterocycles. The molecule has 0 bridgehead atoms. The predicted octanol–water partition coefficient (Wildman–Crippen LogP) is 3.60. The molecule has 146 valence electrons. The monoisotopic (exact) mass is 376 g/mol. The lowest BCUT2D eigenvalue weighted by molar-refractivity contribution is 0.186. The first-order chi connectivity index (χ1) is 12.7. The minimum Gasteiger partial charge on any atom is -0.489 e. The number of rotatable bonds is 7. The second kappa shape index (κ2) is 8.77. The maximum atomic E-state index is 14.4. The van der Waals surface area contributed by atoms with Crippen LogP contribution >= 0.6 is 0 Å². The van der Waals surface area contributed by atoms with E-state index in [1.165, 1.54) is 25.4 Å². The van der Waals surface area contributed by atoms with E-state index in [9.17, 15) is 9.18 Å². The van der Waals surface area contributed by atoms with Crippen molar-refractivity contribution in [1.29, 1.82) is 0 Å². The number of nitrogens with one attached hydrogen (secondary N) is 1. The lowest BCUT2D eigenvalue weighted by Gasteiger charge is -2.26. The van der Waals surface area contributed by atoms with E-state index in [4.69, 9.17) is 10.5 Å². The largest absolute Gasteiger partial charge is 0.489 e. The standard InChI is InChI=1S/C19H25FN4O3/c1-12(2)10-19(3,21)11-27-16-6-5-13(9-14(16)20)15-7-8-22-17(23-15)24-18(25)26-4/h5-9,12H,10-11,21H2,1-4H3,(H,22,23,24,25)/t19-/m0/s1. The lowest BCUT2D eigenvalue weighted by Crippen LogP contribution is -2.43. The number of nitrogens with zero attached hydrogens (tertiary/aromatic N) is 2. The number of halogens is 1. The molecule has 0 unspecified atom stereocenters. The molecule has 0 saturated carbocycles. The first-order valence-electron chi connectivity index (χ1n) is 8.60. The van der Waals surface area contributed by atoms with E-state index in [0.717, 1.165) is 6.42 Å². The van der Waals surface area contributed by atoms with Gasteiger partial charge in [-0.25, -0.2) is 19.2 Å². The molecule has 2 rings (SSSR count). The van der Waals surface area contributed by atoms with Gasteiger partial charge in [-0.05, 0) is 43.5 Å². The summed E-state index contributed by atoms with van der Waals surface area (Å²) in [5.41, 5.74) is 6.62. The van der Waals surface area contributed by atoms with Crippen LogP contribution in [0, 0.1) is 11.7 Å². The molecule has 0 aliphatic rings. The summed E-state index contributed by atoms with van der Waals surface area (Å²) < 4.78 is 24.5. The van der Waals surface area contributed by atoms with Crippen molar-refractivity contribution in [1.82, 2.24) is 9.97 Å². The fraction of sp³-hybridized carbons (Fsp3) is 0.421. The SMILES string of the molecule is COC(=O)Nc1nccc(-c2ccc(OC[C@@](C)(N)CC(C)C)c(F)c2)n1. The third-order valence-corrected chi connectivity index (χ3v) is 3.71. The van der Waals surface area contributed by atoms with Crippen molar-refractivity contribution in [3.8, 4) is 17.0 Å². The predicted molar refractivity (Wildman–Crippen MR) is 101 cm³/mol. The summed E-state index contributed by atoms with van der Waals surface area (Å²) in [6.45, 7) is 6.25. The van der Waals surface area contributed by atoms with Crippen molar-refractivity contribution in [2.45, 2.75) is 32.7 Å². The van der Waals surface area contributed by atoms with Crippen LogP contribution in [0.25, 0.3) is 11.3 Å². The highest BCUT2D eigenvalue weighted by Crippen LogP contribution is 2.26. The lowest BCUT2D eigenvalue weighted by atomic mass is 9.93. The van der Waals surface area contributed by atoms with Gasteiger partial charge in [0.2, 0.25) is 5.95 Å². The van der Waals surface area contributed by atoms with E-state index in [1.54, 1.807) is 12.1 Å². The van der Waals surface area contributed by atoms with Gasteiger partial charge < -0.3 is 15.2 Å². The van der Waals surface area contributed by atoms with Crippen LogP contribution in [0.2, 0.25) is 0 Å². The normalized spacial score (nSPS) is 13.1. The Kier molecular flexibility index (Phi) is 6.68. The molecule has 0 spiro atoms. The number of methoxy groups -OCH3 is 1. The summed E-state index contributed by atoms with van der Waals surface area (Å²) in [6, 6.07) is 6.14. The Morgan fingerprint density at radius 3 is 2.74 bits per heavy atom. The number of carbonyl (C=O) groups is 1. The maximum absolute atomic E-state index is 14.4. The smallest absolute Gasteiger partial charge is 0.413 e. The number of benzene rings is 1. The molecule has 0 fully saturated rings. The summed E-state index contributed by atoms with van der Waals surface area (Å²) in [7, 11) is 1.24. The minimum absolute atomic E-state index is 0.0627. The summed E-state index contributed by atoms with van der Waals surface area (Å²) in [5, 5.41) is 2.36. The Labute approximate surface area is 158 Å². The van der Waals surface area contributed by atoms with E-state index >= 15 is 0 Å². The van der Waals surface area contributed by atoms with Gasteiger partial charge in [-0.15, -0.1) is 0 Å². The summed E-state index contributed by atoms with van der Waals surface area (Å²) in [6.07, 6.45) is 1.54. The third-order valence-electron chi connectivity index (χ3n) is 3.71. The van der Waals surface area contributed by atoms with Gasteiger partial charge in [0.15, 0.2) is 11.6 Å². The van der Waals surface area contributed by atoms with Crippen LogP contribution in [-0.4, -0.2) is 35.3 Å². The van der Waals surface area contributed by atoms with Crippen LogP contribution in [0.1, 0.15) is 27.2 Å². The molecule has 0 aliphatic carbocycles. The molecular weight excluding hydrogens is 351 g/mol. The van der Waals surface area contributed by atoms with E-state index in [2.05, 4.69) is 33.9 Å². The molecule has 1 atom stereocenters. The van der Waals surface area contributed by atoms with Crippen LogP contribution in [0.15, 0.2) is 30.5 Å². The zero-order valence-electron chi connectivity index (χ0n) is 16.0. The Hall–Kier alpha value is -2.74. The topological polar surface area (TPSA) is 99.4 Å². The van der Waals surface area contributed by atoms with Crippen LogP contribution in [0.4, 0.5) is 15.1 Å². The number of anilines is 1. The molecule has 3 N–H and O–H groups in total. The average molecular weight is 376 g/mol. The summed E-state index contributed by atoms with van der Waals surface area (Å²) in [5.74, 6) is 0.0872. The van der Waals surface area contributed by atoms with Gasteiger partial charge in [0.25, 0.3) is 0 Å². The molecular formula is C19H25FN4O3. The molecule has 0 aliphatic heterocycles. The Bertz CT molecular complexity index is 796. The van der Waals surface area contributed by atoms with Crippen molar-refractivity contribution >= 4 is 12.0 Å². The molecule has 7 nitrogen and oxygen atoms in total. The molecule has 1 heterocycles. The van der Waals surface area contributed by atoms with E-state index in [0.29, 0.717) is 17.2 Å². The number of carbonyl (C=O) groups excluding carboxylic acids is 1. The first-order valence-corrected chi connectivity index (χ1v) is 8.60. The highest BCUT2D eigenvalue weighted by Gasteiger charge is 2.22. The van der Waals surface area contributed by atoms with Gasteiger partial charge in [-0.1, -0.05) is 13.8 Å². The number of hydrogen-bond acceptors (Lipinski definition) is 6. The van der Waals surface area contributed by atoms with Gasteiger partial charge in [-0.2, -0.15) is 0 Å². The molecule has 8 heteroatoms. The summed E-state index contributed by atoms with van der Waals surface area (Å²) in [4.78, 5) is 19.3. The maximum Gasteiger partial charge on any atom is 0.413 e. The minimum atomic E-state index is -0.687. The number of ether oxygens (including phenoxy) is 2. The molecule has 1 aromatic carbocycles. The Balaban J connectivity index is 2.12. The zero-order valence-corrected chi connectivity index (χ0v) is 16.0. The zero-order chi connectivity index (χ0) is 20.0. The van der Waals surface area contributed by atoms with Crippen molar-refractivity contribution < 1.29 is 18.7 Å². The van der Waals surface area contributed by atoms with Crippen molar-refractivity contribution in [3.63, 3.8) is 0 Å². The van der Waals surface area contributed by atoms with Crippen LogP contribution in [-0.2, 0) is 4.74 Å². The van der Waals surface area contributed by atoms with Gasteiger partial charge in [0.05, 0.1) is 12.8 Å². The average Bonchev–Trinajstić information content (AvgIpc) is 2.59. The highest BCUT2D eigenvalue weighted by molar-refractivity contribution is 5.82. The van der Waals surface area contributed by atoms with E-state index in [1.807, 2.05) is 6.92 Å². The van der Waals surface area contributed by atoms with Gasteiger partial charge in [-0.3, -0.25) is 5.32 Å². The first kappa shape index (κ1) is 20.6. The quantitative estimate of drug-likeness (QED) is 0.766. The van der Waals surface area contributed by atoms with Crippen LogP contribution in [0.5, 0.6) is 5.75 Å². The van der Waals surface area contributed by atoms with Gasteiger partial charge in [0, 0.05) is 17.3 Å². The van der Waals surface area contributed by atoms with Crippen LogP contribution in [0.3, 0.4) is 0 Å². The number of amides is 1. The van der Waals surface area contributed by atoms with Crippen molar-refractivity contribution in [2.75, 3.05) is 19.0 Å². The summed E-state index contributed by atoms with van der Waals surface area (Å²) >= 11 is 0. The van der Waals surface area contributed by atoms with Gasteiger partial charge >= 0.3 is 6.09 Å². The third kappa shape index (κ3) is 6.18. The highest BCUT2D eigenvalue weighted by atomic mass is 19.1. The molecule has 1 amide bonds. The fourth-order valence-corrected chi connectivity index (χ4v) is 2.73. The van der Waals surface area contributed by atoms with Crippen molar-refractivity contribution in [2.24, 2.45) is 11.7 Å². The molecule has 1 aromatic heterocycles. The van der Waals surface area contributed by atoms with E-state index < -0.39 is 17.4 Å². The molecule has 0 radical (unpaired) electrons. The second-order valence-electron chi connectivity index (χ2n) is 7.07. The molecule has 2 aromatic rings. The number of nitrogens with two attached hydrogens (primary N) is 1. The van der Waals surface area contributed by atoms with E-state index in [-0.39, 0.29) is 18.3 Å².